The van der Waals surface area contributed by atoms with Gasteiger partial charge in [-0.15, -0.1) is 0 Å². The normalized spacial score (nSPS) is 16.6. The van der Waals surface area contributed by atoms with E-state index in [1.165, 1.54) is 6.20 Å². The molecule has 1 aromatic carbocycles. The van der Waals surface area contributed by atoms with Gasteiger partial charge in [-0.1, -0.05) is 29.8 Å². The second-order valence-electron chi connectivity index (χ2n) is 6.80. The Kier molecular flexibility index (Phi) is 5.40. The number of rotatable bonds is 4. The first kappa shape index (κ1) is 20.9. The molecule has 0 radical (unpaired) electrons. The van der Waals surface area contributed by atoms with Crippen molar-refractivity contribution in [2.24, 2.45) is 0 Å². The highest BCUT2D eigenvalue weighted by molar-refractivity contribution is 6.33. The predicted molar refractivity (Wildman–Crippen MR) is 108 cm³/mol. The van der Waals surface area contributed by atoms with Crippen LogP contribution in [0.5, 0.6) is 0 Å². The minimum absolute atomic E-state index is 0.112. The Balaban J connectivity index is 1.54. The van der Waals surface area contributed by atoms with Crippen LogP contribution in [0.4, 0.5) is 24.5 Å². The summed E-state index contributed by atoms with van der Waals surface area (Å²) in [6.07, 6.45) is -2.20. The van der Waals surface area contributed by atoms with Crippen molar-refractivity contribution in [2.45, 2.75) is 18.6 Å². The molecule has 31 heavy (non-hydrogen) atoms. The Morgan fingerprint density at radius 2 is 1.81 bits per heavy atom. The van der Waals surface area contributed by atoms with E-state index < -0.39 is 23.3 Å². The zero-order valence-electron chi connectivity index (χ0n) is 15.8. The van der Waals surface area contributed by atoms with Crippen molar-refractivity contribution in [2.75, 3.05) is 16.8 Å². The van der Waals surface area contributed by atoms with E-state index in [9.17, 15) is 22.8 Å². The number of aromatic nitrogens is 3. The highest BCUT2D eigenvalue weighted by Gasteiger charge is 2.33. The Labute approximate surface area is 179 Å². The van der Waals surface area contributed by atoms with E-state index in [0.29, 0.717) is 19.2 Å². The summed E-state index contributed by atoms with van der Waals surface area (Å²) in [4.78, 5) is 30.6. The quantitative estimate of drug-likeness (QED) is 0.659. The van der Waals surface area contributed by atoms with E-state index in [1.54, 1.807) is 4.90 Å². The van der Waals surface area contributed by atoms with Crippen LogP contribution in [0, 0.1) is 0 Å². The maximum atomic E-state index is 12.7. The molecule has 1 unspecified atom stereocenters. The van der Waals surface area contributed by atoms with Crippen molar-refractivity contribution in [1.29, 1.82) is 0 Å². The van der Waals surface area contributed by atoms with Crippen LogP contribution in [0.3, 0.4) is 0 Å². The first-order valence-corrected chi connectivity index (χ1v) is 9.58. The van der Waals surface area contributed by atoms with Gasteiger partial charge in [0.1, 0.15) is 11.1 Å². The second kappa shape index (κ2) is 8.03. The standard InChI is InChI=1S/C20H15ClF3N5O2/c21-17-15(27-14-8-9-28(18(14)30)13-4-2-1-3-5-13)11-26-29(19(17)31)16-7-6-12(10-25-16)20(22,23)24/h1-7,10-11,14,27H,8-9H2. The Morgan fingerprint density at radius 1 is 1.06 bits per heavy atom. The average molecular weight is 450 g/mol. The van der Waals surface area contributed by atoms with Gasteiger partial charge in [-0.3, -0.25) is 9.59 Å². The molecule has 11 heteroatoms. The van der Waals surface area contributed by atoms with Gasteiger partial charge in [-0.05, 0) is 30.7 Å². The van der Waals surface area contributed by atoms with Crippen LogP contribution in [-0.4, -0.2) is 33.3 Å². The molecule has 0 saturated carbocycles. The number of pyridine rings is 1. The van der Waals surface area contributed by atoms with Crippen molar-refractivity contribution >= 4 is 28.9 Å². The van der Waals surface area contributed by atoms with Gasteiger partial charge in [-0.25, -0.2) is 4.98 Å². The van der Waals surface area contributed by atoms with Gasteiger partial charge in [0.25, 0.3) is 5.56 Å². The monoisotopic (exact) mass is 449 g/mol. The molecule has 1 fully saturated rings. The molecule has 1 amide bonds. The number of carbonyl (C=O) groups is 1. The zero-order valence-corrected chi connectivity index (χ0v) is 16.6. The first-order valence-electron chi connectivity index (χ1n) is 9.20. The lowest BCUT2D eigenvalue weighted by molar-refractivity contribution is -0.137. The largest absolute Gasteiger partial charge is 0.417 e. The molecule has 1 N–H and O–H groups in total. The molecule has 7 nitrogen and oxygen atoms in total. The lowest BCUT2D eigenvalue weighted by Crippen LogP contribution is -2.34. The molecule has 3 heterocycles. The van der Waals surface area contributed by atoms with Gasteiger partial charge in [0, 0.05) is 18.4 Å². The summed E-state index contributed by atoms with van der Waals surface area (Å²) in [6.45, 7) is 0.498. The van der Waals surface area contributed by atoms with Crippen molar-refractivity contribution in [1.82, 2.24) is 14.8 Å². The molecule has 1 aliphatic heterocycles. The summed E-state index contributed by atoms with van der Waals surface area (Å²) in [7, 11) is 0. The zero-order chi connectivity index (χ0) is 22.2. The summed E-state index contributed by atoms with van der Waals surface area (Å²) < 4.78 is 38.9. The van der Waals surface area contributed by atoms with E-state index in [0.717, 1.165) is 22.5 Å². The highest BCUT2D eigenvalue weighted by atomic mass is 35.5. The summed E-state index contributed by atoms with van der Waals surface area (Å²) in [5.41, 5.74) is -0.798. The van der Waals surface area contributed by atoms with Crippen molar-refractivity contribution in [3.63, 3.8) is 0 Å². The van der Waals surface area contributed by atoms with E-state index in [-0.39, 0.29) is 22.4 Å². The Morgan fingerprint density at radius 3 is 2.45 bits per heavy atom. The average Bonchev–Trinajstić information content (AvgIpc) is 3.12. The number of benzene rings is 1. The van der Waals surface area contributed by atoms with Gasteiger partial charge < -0.3 is 10.2 Å². The van der Waals surface area contributed by atoms with Crippen LogP contribution in [0.25, 0.3) is 5.82 Å². The maximum absolute atomic E-state index is 12.7. The van der Waals surface area contributed by atoms with Gasteiger partial charge in [0.15, 0.2) is 5.82 Å². The molecule has 0 bridgehead atoms. The number of anilines is 2. The third kappa shape index (κ3) is 4.11. The summed E-state index contributed by atoms with van der Waals surface area (Å²) in [6, 6.07) is 10.4. The Hall–Kier alpha value is -3.40. The topological polar surface area (TPSA) is 80.1 Å². The molecule has 3 aromatic rings. The number of para-hydroxylation sites is 1. The highest BCUT2D eigenvalue weighted by Crippen LogP contribution is 2.29. The molecule has 4 rings (SSSR count). The third-order valence-electron chi connectivity index (χ3n) is 4.81. The van der Waals surface area contributed by atoms with Crippen LogP contribution >= 0.6 is 11.6 Å². The van der Waals surface area contributed by atoms with Crippen LogP contribution in [0.1, 0.15) is 12.0 Å². The lowest BCUT2D eigenvalue weighted by atomic mass is 10.2. The predicted octanol–water partition coefficient (Wildman–Crippen LogP) is 3.52. The van der Waals surface area contributed by atoms with Crippen LogP contribution < -0.4 is 15.8 Å². The molecule has 1 atom stereocenters. The first-order chi connectivity index (χ1) is 14.8. The molecule has 2 aromatic heterocycles. The van der Waals surface area contributed by atoms with Crippen LogP contribution in [-0.2, 0) is 11.0 Å². The number of halogens is 4. The number of hydrogen-bond donors (Lipinski definition) is 1. The van der Waals surface area contributed by atoms with Crippen molar-refractivity contribution < 1.29 is 18.0 Å². The van der Waals surface area contributed by atoms with Gasteiger partial charge in [0.05, 0.1) is 17.4 Å². The third-order valence-corrected chi connectivity index (χ3v) is 5.18. The Bertz CT molecular complexity index is 1170. The number of nitrogens with zero attached hydrogens (tertiary/aromatic N) is 4. The maximum Gasteiger partial charge on any atom is 0.417 e. The van der Waals surface area contributed by atoms with E-state index >= 15 is 0 Å². The number of hydrogen-bond acceptors (Lipinski definition) is 5. The summed E-state index contributed by atoms with van der Waals surface area (Å²) >= 11 is 6.16. The minimum Gasteiger partial charge on any atom is -0.371 e. The minimum atomic E-state index is -4.54. The van der Waals surface area contributed by atoms with Crippen LogP contribution in [0.2, 0.25) is 5.02 Å². The van der Waals surface area contributed by atoms with Gasteiger partial charge in [-0.2, -0.15) is 23.0 Å². The lowest BCUT2D eigenvalue weighted by Gasteiger charge is -2.18. The number of carbonyl (C=O) groups excluding carboxylic acids is 1. The fraction of sp³-hybridized carbons (Fsp3) is 0.200. The van der Waals surface area contributed by atoms with E-state index in [1.807, 2.05) is 30.3 Å². The van der Waals surface area contributed by atoms with Crippen LogP contribution in [0.15, 0.2) is 59.7 Å². The molecule has 160 valence electrons. The number of nitrogens with one attached hydrogen (secondary N) is 1. The molecular weight excluding hydrogens is 435 g/mol. The summed E-state index contributed by atoms with van der Waals surface area (Å²) in [5.74, 6) is -0.283. The molecule has 0 aliphatic carbocycles. The molecule has 1 saturated heterocycles. The fourth-order valence-corrected chi connectivity index (χ4v) is 3.42. The second-order valence-corrected chi connectivity index (χ2v) is 7.18. The number of amides is 1. The molecular formula is C20H15ClF3N5O2. The SMILES string of the molecule is O=C1C(Nc2cnn(-c3ccc(C(F)(F)F)cn3)c(=O)c2Cl)CCN1c1ccccc1. The number of alkyl halides is 3. The van der Waals surface area contributed by atoms with Gasteiger partial charge >= 0.3 is 6.18 Å². The fourth-order valence-electron chi connectivity index (χ4n) is 3.24. The van der Waals surface area contributed by atoms with Crippen molar-refractivity contribution in [3.05, 3.63) is 75.8 Å². The van der Waals surface area contributed by atoms with Gasteiger partial charge in [0.2, 0.25) is 5.91 Å². The summed E-state index contributed by atoms with van der Waals surface area (Å²) in [5, 5.41) is 6.63. The van der Waals surface area contributed by atoms with E-state index in [4.69, 9.17) is 11.6 Å². The van der Waals surface area contributed by atoms with Crippen molar-refractivity contribution in [3.8, 4) is 5.82 Å². The molecule has 1 aliphatic rings. The smallest absolute Gasteiger partial charge is 0.371 e. The van der Waals surface area contributed by atoms with E-state index in [2.05, 4.69) is 15.4 Å². The molecule has 0 spiro atoms.